The van der Waals surface area contributed by atoms with Gasteiger partial charge in [0.1, 0.15) is 25.1 Å². The van der Waals surface area contributed by atoms with Gasteiger partial charge in [0.25, 0.3) is 0 Å². The molecule has 8 nitrogen and oxygen atoms in total. The minimum atomic E-state index is -1.05. The number of aliphatic hydroxyl groups excluding tert-OH is 3. The number of aliphatic hydroxyl groups is 3. The fourth-order valence-electron chi connectivity index (χ4n) is 6.37. The Kier molecular flexibility index (Phi) is 27.2. The summed E-state index contributed by atoms with van der Waals surface area (Å²) in [5.41, 5.74) is 0. The van der Waals surface area contributed by atoms with Crippen LogP contribution in [0.15, 0.2) is 24.3 Å². The van der Waals surface area contributed by atoms with Gasteiger partial charge in [-0.15, -0.1) is 0 Å². The van der Waals surface area contributed by atoms with Crippen molar-refractivity contribution in [2.24, 2.45) is 17.8 Å². The second-order valence-corrected chi connectivity index (χ2v) is 14.7. The van der Waals surface area contributed by atoms with Crippen molar-refractivity contribution in [2.75, 3.05) is 13.2 Å². The number of allylic oxidation sites excluding steroid dienone is 3. The molecule has 0 heterocycles. The zero-order chi connectivity index (χ0) is 36.1. The predicted molar refractivity (Wildman–Crippen MR) is 197 cm³/mol. The van der Waals surface area contributed by atoms with E-state index in [1.807, 2.05) is 12.2 Å². The Morgan fingerprint density at radius 3 is 1.86 bits per heavy atom. The van der Waals surface area contributed by atoms with Crippen LogP contribution in [0.2, 0.25) is 0 Å². The molecule has 0 aromatic rings. The molecule has 0 aliphatic heterocycles. The normalized spacial score (nSPS) is 19.3. The minimum absolute atomic E-state index is 0.00228. The smallest absolute Gasteiger partial charge is 0.305 e. The average molecular weight is 693 g/mol. The molecule has 0 spiro atoms. The fourth-order valence-corrected chi connectivity index (χ4v) is 6.37. The number of carbonyl (C=O) groups is 3. The quantitative estimate of drug-likeness (QED) is 0.0374. The van der Waals surface area contributed by atoms with Gasteiger partial charge in [-0.3, -0.25) is 14.4 Å². The summed E-state index contributed by atoms with van der Waals surface area (Å²) in [6, 6.07) is 0. The number of Topliss-reactive ketones (excluding diaryl/α,β-unsaturated/α-hetero) is 1. The Labute approximate surface area is 298 Å². The molecule has 1 fully saturated rings. The highest BCUT2D eigenvalue weighted by Gasteiger charge is 2.39. The molecule has 1 rings (SSSR count). The largest absolute Gasteiger partial charge is 0.463 e. The van der Waals surface area contributed by atoms with E-state index in [0.29, 0.717) is 32.1 Å². The lowest BCUT2D eigenvalue weighted by Gasteiger charge is -2.17. The summed E-state index contributed by atoms with van der Waals surface area (Å²) < 4.78 is 10.3. The van der Waals surface area contributed by atoms with Gasteiger partial charge in [0.2, 0.25) is 0 Å². The summed E-state index contributed by atoms with van der Waals surface area (Å²) in [6.07, 6.45) is 27.4. The van der Waals surface area contributed by atoms with Crippen LogP contribution in [0.1, 0.15) is 168 Å². The summed E-state index contributed by atoms with van der Waals surface area (Å²) in [4.78, 5) is 36.5. The zero-order valence-electron chi connectivity index (χ0n) is 31.3. The number of esters is 2. The number of ketones is 1. The second-order valence-electron chi connectivity index (χ2n) is 14.7. The molecule has 0 aromatic carbocycles. The molecule has 284 valence electrons. The molecule has 49 heavy (non-hydrogen) atoms. The molecular weight excluding hydrogens is 620 g/mol. The van der Waals surface area contributed by atoms with Crippen LogP contribution in [0.3, 0.4) is 0 Å². The summed E-state index contributed by atoms with van der Waals surface area (Å²) in [5.74, 6) is -0.534. The Balaban J connectivity index is 2.04. The van der Waals surface area contributed by atoms with Crippen molar-refractivity contribution in [3.05, 3.63) is 24.3 Å². The Morgan fingerprint density at radius 2 is 1.29 bits per heavy atom. The molecule has 0 amide bonds. The van der Waals surface area contributed by atoms with Gasteiger partial charge in [-0.05, 0) is 38.0 Å². The van der Waals surface area contributed by atoms with E-state index in [4.69, 9.17) is 9.47 Å². The third-order valence-electron chi connectivity index (χ3n) is 9.49. The molecule has 1 aliphatic rings. The first-order valence-corrected chi connectivity index (χ1v) is 19.8. The average Bonchev–Trinajstić information content (AvgIpc) is 3.34. The lowest BCUT2D eigenvalue weighted by molar-refractivity contribution is -0.152. The van der Waals surface area contributed by atoms with Gasteiger partial charge in [-0.1, -0.05) is 141 Å². The maximum absolute atomic E-state index is 12.4. The molecule has 0 aromatic heterocycles. The third kappa shape index (κ3) is 24.7. The maximum atomic E-state index is 12.4. The molecule has 5 atom stereocenters. The van der Waals surface area contributed by atoms with Crippen molar-refractivity contribution in [3.8, 4) is 0 Å². The van der Waals surface area contributed by atoms with Crippen LogP contribution >= 0.6 is 0 Å². The van der Waals surface area contributed by atoms with E-state index in [0.717, 1.165) is 44.4 Å². The van der Waals surface area contributed by atoms with Gasteiger partial charge in [-0.25, -0.2) is 0 Å². The lowest BCUT2D eigenvalue weighted by Crippen LogP contribution is -2.25. The Bertz CT molecular complexity index is 913. The van der Waals surface area contributed by atoms with Gasteiger partial charge in [0.15, 0.2) is 0 Å². The predicted octanol–water partition coefficient (Wildman–Crippen LogP) is 8.73. The number of hydrogen-bond acceptors (Lipinski definition) is 8. The molecule has 1 saturated carbocycles. The van der Waals surface area contributed by atoms with E-state index in [1.54, 1.807) is 12.2 Å². The molecule has 0 saturated heterocycles. The Morgan fingerprint density at radius 1 is 0.755 bits per heavy atom. The van der Waals surface area contributed by atoms with Crippen molar-refractivity contribution in [3.63, 3.8) is 0 Å². The molecule has 1 aliphatic carbocycles. The lowest BCUT2D eigenvalue weighted by atomic mass is 9.90. The number of hydrogen-bond donors (Lipinski definition) is 3. The van der Waals surface area contributed by atoms with E-state index in [-0.39, 0.29) is 43.7 Å². The highest BCUT2D eigenvalue weighted by molar-refractivity contribution is 5.86. The van der Waals surface area contributed by atoms with Crippen LogP contribution in [-0.4, -0.2) is 64.6 Å². The van der Waals surface area contributed by atoms with Crippen LogP contribution < -0.4 is 0 Å². The van der Waals surface area contributed by atoms with Crippen molar-refractivity contribution < 1.29 is 39.2 Å². The highest BCUT2D eigenvalue weighted by atomic mass is 16.6. The summed E-state index contributed by atoms with van der Waals surface area (Å²) in [6.45, 7) is 6.31. The summed E-state index contributed by atoms with van der Waals surface area (Å²) in [5, 5.41) is 30.6. The molecule has 0 unspecified atom stereocenters. The fraction of sp³-hybridized carbons (Fsp3) is 0.829. The molecule has 3 N–H and O–H groups in total. The number of rotatable bonds is 31. The Hall–Kier alpha value is -2.03. The van der Waals surface area contributed by atoms with Crippen LogP contribution in [0.5, 0.6) is 0 Å². The van der Waals surface area contributed by atoms with Gasteiger partial charge >= 0.3 is 11.9 Å². The van der Waals surface area contributed by atoms with Crippen molar-refractivity contribution >= 4 is 17.7 Å². The van der Waals surface area contributed by atoms with E-state index in [2.05, 4.69) is 20.8 Å². The van der Waals surface area contributed by atoms with Gasteiger partial charge in [0.05, 0.1) is 12.2 Å². The monoisotopic (exact) mass is 693 g/mol. The summed E-state index contributed by atoms with van der Waals surface area (Å²) >= 11 is 0. The first kappa shape index (κ1) is 45.0. The molecular formula is C41H72O8. The molecule has 0 bridgehead atoms. The topological polar surface area (TPSA) is 130 Å². The van der Waals surface area contributed by atoms with E-state index < -0.39 is 30.2 Å². The zero-order valence-corrected chi connectivity index (χ0v) is 31.3. The van der Waals surface area contributed by atoms with Gasteiger partial charge < -0.3 is 24.8 Å². The van der Waals surface area contributed by atoms with Crippen molar-refractivity contribution in [1.29, 1.82) is 0 Å². The number of ether oxygens (including phenoxy) is 2. The first-order valence-electron chi connectivity index (χ1n) is 19.8. The van der Waals surface area contributed by atoms with E-state index in [1.165, 1.54) is 64.2 Å². The van der Waals surface area contributed by atoms with Crippen LogP contribution in [0.25, 0.3) is 0 Å². The highest BCUT2D eigenvalue weighted by Crippen LogP contribution is 2.33. The van der Waals surface area contributed by atoms with Crippen molar-refractivity contribution in [1.82, 2.24) is 0 Å². The molecule has 8 heteroatoms. The van der Waals surface area contributed by atoms with Crippen molar-refractivity contribution in [2.45, 2.75) is 187 Å². The SMILES string of the molecule is CCCCC[C@H](O)/C=C/[C@H]1C(=O)C[C@H](O)[C@@H]1C/C=C\CCCC(=O)OC[C@@H](O)COC(=O)CCCCCCCCCCCCCCC(C)C. The van der Waals surface area contributed by atoms with E-state index in [9.17, 15) is 29.7 Å². The third-order valence-corrected chi connectivity index (χ3v) is 9.49. The minimum Gasteiger partial charge on any atom is -0.463 e. The van der Waals surface area contributed by atoms with E-state index >= 15 is 0 Å². The standard InChI is InChI=1S/C41H72O8/c1-4-5-18-24-34(42)28-29-37-36(38(44)30-39(37)45)25-20-16-17-22-27-41(47)49-32-35(43)31-48-40(46)26-21-15-13-11-9-7-6-8-10-12-14-19-23-33(2)3/h16,20,28-29,33-38,42-44H,4-15,17-19,21-27,30-32H2,1-3H3/b20-16-,29-28+/t34-,35-,36+,37+,38-/m0/s1. The maximum Gasteiger partial charge on any atom is 0.305 e. The number of unbranched alkanes of at least 4 members (excludes halogenated alkanes) is 14. The van der Waals surface area contributed by atoms with Crippen LogP contribution in [0, 0.1) is 17.8 Å². The number of carbonyl (C=O) groups excluding carboxylic acids is 3. The van der Waals surface area contributed by atoms with Crippen LogP contribution in [0.4, 0.5) is 0 Å². The second kappa shape index (κ2) is 29.7. The van der Waals surface area contributed by atoms with Crippen LogP contribution in [-0.2, 0) is 23.9 Å². The first-order chi connectivity index (χ1) is 23.6. The van der Waals surface area contributed by atoms with Gasteiger partial charge in [0, 0.05) is 31.1 Å². The summed E-state index contributed by atoms with van der Waals surface area (Å²) in [7, 11) is 0. The van der Waals surface area contributed by atoms with Gasteiger partial charge in [-0.2, -0.15) is 0 Å². The molecule has 0 radical (unpaired) electrons.